The van der Waals surface area contributed by atoms with E-state index in [-0.39, 0.29) is 67.8 Å². The summed E-state index contributed by atoms with van der Waals surface area (Å²) in [6.45, 7) is 7.80. The number of esters is 8. The number of carboxylic acids is 1. The molecule has 136 heavy (non-hydrogen) atoms. The molecule has 1 N–H and O–H groups in total. The van der Waals surface area contributed by atoms with E-state index in [0.29, 0.717) is 127 Å². The summed E-state index contributed by atoms with van der Waals surface area (Å²) in [5, 5.41) is 7.42. The average molecular weight is 1930 g/mol. The smallest absolute Gasteiger partial charge is 0.338 e. The Morgan fingerprint density at radius 1 is 0.279 bits per heavy atom. The number of ether oxygens (including phenoxy) is 8. The van der Waals surface area contributed by atoms with Gasteiger partial charge in [-0.15, -0.1) is 0 Å². The van der Waals surface area contributed by atoms with E-state index in [4.69, 9.17) is 47.8 Å². The third kappa shape index (κ3) is 21.9. The lowest BCUT2D eigenvalue weighted by Crippen LogP contribution is -2.39. The van der Waals surface area contributed by atoms with Crippen LogP contribution in [0.1, 0.15) is 145 Å². The van der Waals surface area contributed by atoms with Crippen molar-refractivity contribution in [1.29, 1.82) is 0 Å². The molecule has 4 aromatic heterocycles. The second kappa shape index (κ2) is 43.6. The zero-order valence-electron chi connectivity index (χ0n) is 74.3. The largest absolute Gasteiger partial charge is 0.481 e. The van der Waals surface area contributed by atoms with E-state index < -0.39 is 77.9 Å². The zero-order valence-corrected chi connectivity index (χ0v) is 77.6. The van der Waals surface area contributed by atoms with Gasteiger partial charge in [-0.05, 0) is 194 Å². The number of allylic oxidation sites excluding steroid dienone is 4. The molecule has 12 aromatic rings. The lowest BCUT2D eigenvalue weighted by Gasteiger charge is -2.24. The highest BCUT2D eigenvalue weighted by Crippen LogP contribution is 2.36. The standard InChI is InChI=1S/4C24H19FN2O5S.C2H4O2/c4*1-13-19(23(30)32-3)20(15-6-8-16(9-7-15)22(29)31-2)27-21(28)18(33-24(27)26-13)12-14-4-10-17(25)11-5-14;1-2(3)4/h4*4-12,20H,1-3H3;1H3,(H,3,4)/b4*18-12-;. The van der Waals surface area contributed by atoms with Gasteiger partial charge in [-0.1, -0.05) is 142 Å². The van der Waals surface area contributed by atoms with Gasteiger partial charge in [0.25, 0.3) is 28.2 Å². The first-order chi connectivity index (χ1) is 65.1. The summed E-state index contributed by atoms with van der Waals surface area (Å²) in [4.78, 5) is 180. The van der Waals surface area contributed by atoms with Crippen LogP contribution in [0.15, 0.2) is 278 Å². The Morgan fingerprint density at radius 3 is 0.581 bits per heavy atom. The SMILES string of the molecule is CC(=O)O.COC(=O)C1=C(C)N=c2s/c(=C\c3ccc(F)cc3)c(=O)n2C1c1ccc(C(=O)OC)cc1.COC(=O)C1=C(C)N=c2s/c(=C\c3ccc(F)cc3)c(=O)n2C1c1ccc(C(=O)OC)cc1.COC(=O)C1=C(C)N=c2s/c(=C\c3ccc(F)cc3)c(=O)n2C1c1ccc(C(=O)OC)cc1.COC(=O)C1=C(C)N=c2s/c(=C\c3ccc(F)cc3)c(=O)n2C1c1ccc(C(=O)OC)cc1. The Labute approximate surface area is 784 Å². The maximum Gasteiger partial charge on any atom is 0.338 e. The summed E-state index contributed by atoms with van der Waals surface area (Å²) >= 11 is 4.68. The molecule has 0 bridgehead atoms. The van der Waals surface area contributed by atoms with Crippen LogP contribution in [-0.2, 0) is 61.9 Å². The lowest BCUT2D eigenvalue weighted by atomic mass is 9.95. The highest BCUT2D eigenvalue weighted by molar-refractivity contribution is 7.07. The molecule has 4 aliphatic heterocycles. The molecule has 0 spiro atoms. The second-order valence-electron chi connectivity index (χ2n) is 29.5. The molecule has 4 atom stereocenters. The van der Waals surface area contributed by atoms with Crippen molar-refractivity contribution in [3.05, 3.63) is 408 Å². The number of thiazole rings is 4. The number of aliphatic carboxylic acids is 1. The molecular weight excluding hydrogens is 1850 g/mol. The summed E-state index contributed by atoms with van der Waals surface area (Å²) in [6, 6.07) is 45.7. The van der Waals surface area contributed by atoms with Gasteiger partial charge in [0.1, 0.15) is 23.3 Å². The first-order valence-corrected chi connectivity index (χ1v) is 43.7. The van der Waals surface area contributed by atoms with Crippen LogP contribution in [0.25, 0.3) is 24.3 Å². The molecule has 0 radical (unpaired) electrons. The van der Waals surface area contributed by atoms with Gasteiger partial charge in [0.05, 0.1) is 167 Å². The molecule has 38 heteroatoms. The molecule has 0 fully saturated rings. The number of hydrogen-bond donors (Lipinski definition) is 1. The van der Waals surface area contributed by atoms with Crippen LogP contribution >= 0.6 is 45.3 Å². The van der Waals surface area contributed by atoms with E-state index in [9.17, 15) is 75.1 Å². The number of aromatic nitrogens is 4. The van der Waals surface area contributed by atoms with Crippen LogP contribution in [0.4, 0.5) is 17.6 Å². The molecule has 0 amide bonds. The van der Waals surface area contributed by atoms with Crippen molar-refractivity contribution in [3.63, 3.8) is 0 Å². The van der Waals surface area contributed by atoms with E-state index in [1.54, 1.807) is 198 Å². The summed E-state index contributed by atoms with van der Waals surface area (Å²) in [5.41, 5.74) is 7.62. The van der Waals surface area contributed by atoms with Crippen molar-refractivity contribution in [2.24, 2.45) is 20.0 Å². The van der Waals surface area contributed by atoms with Crippen LogP contribution in [0.3, 0.4) is 0 Å². The number of carboxylic acid groups (broad SMARTS) is 1. The third-order valence-electron chi connectivity index (χ3n) is 21.0. The fourth-order valence-electron chi connectivity index (χ4n) is 14.6. The number of benzene rings is 8. The van der Waals surface area contributed by atoms with E-state index in [1.165, 1.54) is 169 Å². The van der Waals surface area contributed by atoms with E-state index in [0.717, 1.165) is 6.92 Å². The number of methoxy groups -OCH3 is 8. The van der Waals surface area contributed by atoms with Gasteiger partial charge < -0.3 is 43.0 Å². The lowest BCUT2D eigenvalue weighted by molar-refractivity contribution is -0.137. The highest BCUT2D eigenvalue weighted by Gasteiger charge is 2.38. The number of carbonyl (C=O) groups is 9. The van der Waals surface area contributed by atoms with Gasteiger partial charge in [0, 0.05) is 6.92 Å². The highest BCUT2D eigenvalue weighted by atomic mass is 32.1. The molecule has 8 heterocycles. The van der Waals surface area contributed by atoms with E-state index in [1.807, 2.05) is 0 Å². The van der Waals surface area contributed by atoms with Crippen molar-refractivity contribution in [1.82, 2.24) is 18.3 Å². The number of hydrogen-bond acceptors (Lipinski definition) is 29. The maximum absolute atomic E-state index is 13.4. The molecule has 0 saturated heterocycles. The minimum atomic E-state index is -0.833. The Hall–Kier alpha value is -15.9. The minimum absolute atomic E-state index is 0.226. The number of rotatable bonds is 16. The number of carbonyl (C=O) groups excluding carboxylic acids is 8. The first-order valence-electron chi connectivity index (χ1n) is 40.5. The number of halogens is 4. The molecule has 8 aromatic carbocycles. The summed E-state index contributed by atoms with van der Waals surface area (Å²) in [7, 11) is 10.2. The van der Waals surface area contributed by atoms with Crippen molar-refractivity contribution in [3.8, 4) is 0 Å². The Kier molecular flexibility index (Phi) is 31.8. The predicted octanol–water partition coefficient (Wildman–Crippen LogP) is 9.43. The fraction of sp³-hybridized carbons (Fsp3) is 0.173. The quantitative estimate of drug-likeness (QED) is 0.0534. The van der Waals surface area contributed by atoms with Gasteiger partial charge in [0.2, 0.25) is 0 Å². The van der Waals surface area contributed by atoms with Gasteiger partial charge in [-0.25, -0.2) is 75.9 Å². The van der Waals surface area contributed by atoms with Crippen molar-refractivity contribution in [2.45, 2.75) is 58.8 Å². The predicted molar refractivity (Wildman–Crippen MR) is 493 cm³/mol. The Morgan fingerprint density at radius 2 is 0.434 bits per heavy atom. The Bertz CT molecular complexity index is 6820. The molecule has 0 aliphatic carbocycles. The molecule has 696 valence electrons. The molecule has 4 aliphatic rings. The van der Waals surface area contributed by atoms with Crippen molar-refractivity contribution in [2.75, 3.05) is 56.9 Å². The van der Waals surface area contributed by atoms with Crippen molar-refractivity contribution >= 4 is 123 Å². The summed E-state index contributed by atoms with van der Waals surface area (Å²) < 4.78 is 99.2. The van der Waals surface area contributed by atoms with E-state index >= 15 is 0 Å². The van der Waals surface area contributed by atoms with Gasteiger partial charge >= 0.3 is 47.8 Å². The topological polar surface area (TPSA) is 385 Å². The third-order valence-corrected chi connectivity index (χ3v) is 24.9. The normalized spacial score (nSPS) is 15.4. The van der Waals surface area contributed by atoms with E-state index in [2.05, 4.69) is 20.0 Å². The summed E-state index contributed by atoms with van der Waals surface area (Å²) in [5.74, 6) is -6.73. The van der Waals surface area contributed by atoms with Gasteiger partial charge in [-0.3, -0.25) is 42.2 Å². The van der Waals surface area contributed by atoms with Gasteiger partial charge in [0.15, 0.2) is 19.2 Å². The van der Waals surface area contributed by atoms with Crippen LogP contribution < -0.4 is 59.6 Å². The summed E-state index contributed by atoms with van der Waals surface area (Å²) in [6.07, 6.45) is 6.60. The first kappa shape index (κ1) is 99.1. The van der Waals surface area contributed by atoms with Crippen LogP contribution in [-0.4, -0.2) is 134 Å². The van der Waals surface area contributed by atoms with Crippen molar-refractivity contribution < 1.29 is 104 Å². The molecule has 4 unspecified atom stereocenters. The van der Waals surface area contributed by atoms with Crippen LogP contribution in [0, 0.1) is 23.3 Å². The molecule has 0 saturated carbocycles. The van der Waals surface area contributed by atoms with Crippen LogP contribution in [0.2, 0.25) is 0 Å². The Balaban J connectivity index is 0.000000161. The molecule has 16 rings (SSSR count). The maximum atomic E-state index is 13.4. The minimum Gasteiger partial charge on any atom is -0.481 e. The molecule has 30 nitrogen and oxygen atoms in total. The second-order valence-corrected chi connectivity index (χ2v) is 33.5. The average Bonchev–Trinajstić information content (AvgIpc) is 1.59. The molecular formula is C98H80F4N8O22S4. The number of fused-ring (bicyclic) bond motifs is 4. The monoisotopic (exact) mass is 1920 g/mol. The van der Waals surface area contributed by atoms with Crippen LogP contribution in [0.5, 0.6) is 0 Å². The zero-order chi connectivity index (χ0) is 98.4. The van der Waals surface area contributed by atoms with Gasteiger partial charge in [-0.2, -0.15) is 0 Å². The number of nitrogens with zero attached hydrogens (tertiary/aromatic N) is 8. The fourth-order valence-corrected chi connectivity index (χ4v) is 18.7.